The summed E-state index contributed by atoms with van der Waals surface area (Å²) in [7, 11) is -3.39. The number of aromatic nitrogens is 1. The Kier molecular flexibility index (Phi) is 4.30. The van der Waals surface area contributed by atoms with Crippen LogP contribution in [0.25, 0.3) is 0 Å². The van der Waals surface area contributed by atoms with Gasteiger partial charge in [0.1, 0.15) is 10.3 Å². The molecule has 1 atom stereocenters. The minimum Gasteiger partial charge on any atom is -0.472 e. The van der Waals surface area contributed by atoms with Crippen LogP contribution in [0.5, 0.6) is 5.88 Å². The molecule has 0 bridgehead atoms. The highest BCUT2D eigenvalue weighted by Gasteiger charge is 2.34. The zero-order valence-electron chi connectivity index (χ0n) is 11.0. The van der Waals surface area contributed by atoms with Crippen molar-refractivity contribution in [3.8, 4) is 5.88 Å². The summed E-state index contributed by atoms with van der Waals surface area (Å²) < 4.78 is 33.2. The first kappa shape index (κ1) is 15.0. The standard InChI is InChI=1S/C13H13BrN2O3S2/c14-11-3-1-6-15-13(11)19-10-5-7-16(9-10)21(17,18)12-4-2-8-20-12/h1-4,6,8,10H,5,7,9H2/t10-/m1/s1. The maximum absolute atomic E-state index is 12.4. The second-order valence-corrected chi connectivity index (χ2v) is 8.58. The molecule has 1 aliphatic rings. The Bertz CT molecular complexity index is 719. The molecule has 0 N–H and O–H groups in total. The Hall–Kier alpha value is -0.960. The van der Waals surface area contributed by atoms with Gasteiger partial charge in [0.05, 0.1) is 11.0 Å². The van der Waals surface area contributed by atoms with Crippen molar-refractivity contribution in [1.29, 1.82) is 0 Å². The molecule has 0 aliphatic carbocycles. The Balaban J connectivity index is 1.70. The Morgan fingerprint density at radius 1 is 1.38 bits per heavy atom. The third-order valence-electron chi connectivity index (χ3n) is 3.20. The van der Waals surface area contributed by atoms with Gasteiger partial charge >= 0.3 is 0 Å². The van der Waals surface area contributed by atoms with Gasteiger partial charge in [0.2, 0.25) is 5.88 Å². The molecular formula is C13H13BrN2O3S2. The summed E-state index contributed by atoms with van der Waals surface area (Å²) in [5, 5.41) is 1.77. The SMILES string of the molecule is O=S(=O)(c1cccs1)N1CC[C@@H](Oc2ncccc2Br)C1. The van der Waals surface area contributed by atoms with E-state index >= 15 is 0 Å². The first-order chi connectivity index (χ1) is 10.1. The van der Waals surface area contributed by atoms with E-state index in [0.29, 0.717) is 29.6 Å². The van der Waals surface area contributed by atoms with Crippen molar-refractivity contribution >= 4 is 37.3 Å². The largest absolute Gasteiger partial charge is 0.472 e. The van der Waals surface area contributed by atoms with Gasteiger partial charge in [-0.3, -0.25) is 0 Å². The Labute approximate surface area is 135 Å². The molecule has 21 heavy (non-hydrogen) atoms. The summed E-state index contributed by atoms with van der Waals surface area (Å²) in [5.41, 5.74) is 0. The van der Waals surface area contributed by atoms with Gasteiger partial charge < -0.3 is 4.74 Å². The number of pyridine rings is 1. The lowest BCUT2D eigenvalue weighted by molar-refractivity contribution is 0.205. The van der Waals surface area contributed by atoms with Crippen LogP contribution in [0, 0.1) is 0 Å². The summed E-state index contributed by atoms with van der Waals surface area (Å²) >= 11 is 4.61. The zero-order chi connectivity index (χ0) is 14.9. The highest BCUT2D eigenvalue weighted by molar-refractivity contribution is 9.10. The van der Waals surface area contributed by atoms with E-state index in [1.54, 1.807) is 29.8 Å². The van der Waals surface area contributed by atoms with E-state index in [2.05, 4.69) is 20.9 Å². The smallest absolute Gasteiger partial charge is 0.252 e. The van der Waals surface area contributed by atoms with Gasteiger partial charge in [0.15, 0.2) is 0 Å². The molecule has 0 amide bonds. The lowest BCUT2D eigenvalue weighted by atomic mass is 10.3. The molecule has 0 saturated carbocycles. The van der Waals surface area contributed by atoms with Crippen molar-refractivity contribution in [2.45, 2.75) is 16.7 Å². The molecule has 0 radical (unpaired) electrons. The summed E-state index contributed by atoms with van der Waals surface area (Å²) in [6, 6.07) is 7.02. The van der Waals surface area contributed by atoms with E-state index in [0.717, 1.165) is 4.47 Å². The number of rotatable bonds is 4. The van der Waals surface area contributed by atoms with E-state index in [1.165, 1.54) is 15.6 Å². The molecule has 0 aromatic carbocycles. The van der Waals surface area contributed by atoms with Crippen molar-refractivity contribution < 1.29 is 13.2 Å². The number of halogens is 1. The van der Waals surface area contributed by atoms with Gasteiger partial charge in [-0.2, -0.15) is 4.31 Å². The molecule has 3 heterocycles. The lowest BCUT2D eigenvalue weighted by Gasteiger charge is -2.16. The van der Waals surface area contributed by atoms with Gasteiger partial charge in [-0.05, 0) is 45.9 Å². The van der Waals surface area contributed by atoms with Crippen LogP contribution in [-0.2, 0) is 10.0 Å². The molecule has 112 valence electrons. The van der Waals surface area contributed by atoms with Crippen molar-refractivity contribution in [1.82, 2.24) is 9.29 Å². The molecule has 1 saturated heterocycles. The van der Waals surface area contributed by atoms with Crippen molar-refractivity contribution in [2.75, 3.05) is 13.1 Å². The molecule has 2 aromatic heterocycles. The first-order valence-electron chi connectivity index (χ1n) is 6.38. The highest BCUT2D eigenvalue weighted by Crippen LogP contribution is 2.28. The molecular weight excluding hydrogens is 376 g/mol. The quantitative estimate of drug-likeness (QED) is 0.807. The summed E-state index contributed by atoms with van der Waals surface area (Å²) in [6.07, 6.45) is 2.13. The third kappa shape index (κ3) is 3.13. The molecule has 3 rings (SSSR count). The monoisotopic (exact) mass is 388 g/mol. The van der Waals surface area contributed by atoms with Crippen LogP contribution < -0.4 is 4.74 Å². The molecule has 0 spiro atoms. The predicted molar refractivity (Wildman–Crippen MR) is 84.0 cm³/mol. The number of ether oxygens (including phenoxy) is 1. The van der Waals surface area contributed by atoms with Gasteiger partial charge in [0, 0.05) is 12.7 Å². The minimum absolute atomic E-state index is 0.175. The van der Waals surface area contributed by atoms with E-state index in [1.807, 2.05) is 6.07 Å². The summed E-state index contributed by atoms with van der Waals surface area (Å²) in [6.45, 7) is 0.818. The molecule has 2 aromatic rings. The number of nitrogens with zero attached hydrogens (tertiary/aromatic N) is 2. The van der Waals surface area contributed by atoms with E-state index in [-0.39, 0.29) is 6.10 Å². The van der Waals surface area contributed by atoms with Gasteiger partial charge in [-0.15, -0.1) is 11.3 Å². The second kappa shape index (κ2) is 6.04. The summed E-state index contributed by atoms with van der Waals surface area (Å²) in [4.78, 5) is 4.14. The van der Waals surface area contributed by atoms with E-state index in [9.17, 15) is 8.42 Å². The minimum atomic E-state index is -3.39. The Morgan fingerprint density at radius 2 is 2.24 bits per heavy atom. The fraction of sp³-hybridized carbons (Fsp3) is 0.308. The van der Waals surface area contributed by atoms with Crippen molar-refractivity contribution in [2.24, 2.45) is 0 Å². The van der Waals surface area contributed by atoms with E-state index in [4.69, 9.17) is 4.74 Å². The fourth-order valence-corrected chi connectivity index (χ4v) is 5.14. The van der Waals surface area contributed by atoms with Crippen LogP contribution in [-0.4, -0.2) is 36.9 Å². The zero-order valence-corrected chi connectivity index (χ0v) is 14.2. The molecule has 8 heteroatoms. The highest BCUT2D eigenvalue weighted by atomic mass is 79.9. The maximum Gasteiger partial charge on any atom is 0.252 e. The van der Waals surface area contributed by atoms with Gasteiger partial charge in [0.25, 0.3) is 10.0 Å². The summed E-state index contributed by atoms with van der Waals surface area (Å²) in [5.74, 6) is 0.498. The predicted octanol–water partition coefficient (Wildman–Crippen LogP) is 2.75. The lowest BCUT2D eigenvalue weighted by Crippen LogP contribution is -2.30. The number of thiophene rings is 1. The van der Waals surface area contributed by atoms with Crippen molar-refractivity contribution in [3.05, 3.63) is 40.3 Å². The Morgan fingerprint density at radius 3 is 2.95 bits per heavy atom. The van der Waals surface area contributed by atoms with Crippen LogP contribution in [0.3, 0.4) is 0 Å². The topological polar surface area (TPSA) is 59.5 Å². The van der Waals surface area contributed by atoms with E-state index < -0.39 is 10.0 Å². The van der Waals surface area contributed by atoms with Gasteiger partial charge in [-0.1, -0.05) is 6.07 Å². The molecule has 0 unspecified atom stereocenters. The van der Waals surface area contributed by atoms with Crippen LogP contribution in [0.1, 0.15) is 6.42 Å². The van der Waals surface area contributed by atoms with Gasteiger partial charge in [-0.25, -0.2) is 13.4 Å². The van der Waals surface area contributed by atoms with Crippen LogP contribution in [0.15, 0.2) is 44.5 Å². The third-order valence-corrected chi connectivity index (χ3v) is 7.04. The average Bonchev–Trinajstić information content (AvgIpc) is 3.12. The van der Waals surface area contributed by atoms with Crippen LogP contribution >= 0.6 is 27.3 Å². The maximum atomic E-state index is 12.4. The number of hydrogen-bond donors (Lipinski definition) is 0. The molecule has 1 fully saturated rings. The number of sulfonamides is 1. The fourth-order valence-electron chi connectivity index (χ4n) is 2.17. The first-order valence-corrected chi connectivity index (χ1v) is 9.49. The average molecular weight is 389 g/mol. The second-order valence-electron chi connectivity index (χ2n) is 4.61. The van der Waals surface area contributed by atoms with Crippen LogP contribution in [0.4, 0.5) is 0 Å². The number of hydrogen-bond acceptors (Lipinski definition) is 5. The normalized spacial score (nSPS) is 19.8. The van der Waals surface area contributed by atoms with Crippen LogP contribution in [0.2, 0.25) is 0 Å². The molecule has 1 aliphatic heterocycles. The molecule has 5 nitrogen and oxygen atoms in total. The van der Waals surface area contributed by atoms with Crippen molar-refractivity contribution in [3.63, 3.8) is 0 Å².